The normalized spacial score (nSPS) is 34.9. The summed E-state index contributed by atoms with van der Waals surface area (Å²) in [7, 11) is 0. The van der Waals surface area contributed by atoms with Crippen molar-refractivity contribution in [2.45, 2.75) is 6.04 Å². The van der Waals surface area contributed by atoms with Gasteiger partial charge >= 0.3 is 0 Å². The Hall–Kier alpha value is -0.410. The number of nitrogens with zero attached hydrogens (tertiary/aromatic N) is 2. The summed E-state index contributed by atoms with van der Waals surface area (Å²) in [5, 5.41) is 3.31. The fourth-order valence-corrected chi connectivity index (χ4v) is 1.39. The van der Waals surface area contributed by atoms with Crippen LogP contribution in [0.2, 0.25) is 0 Å². The number of nitrogens with one attached hydrogen (secondary N) is 1. The maximum absolute atomic E-state index is 4.21. The molecular weight excluding hydrogens is 114 g/mol. The Morgan fingerprint density at radius 3 is 3.56 bits per heavy atom. The molecule has 1 saturated heterocycles. The molecule has 1 N–H and O–H groups in total. The highest BCUT2D eigenvalue weighted by Crippen LogP contribution is 2.06. The molecule has 0 aromatic rings. The summed E-state index contributed by atoms with van der Waals surface area (Å²) < 4.78 is 0. The molecule has 2 heterocycles. The Bertz CT molecular complexity index is 118. The molecule has 3 nitrogen and oxygen atoms in total. The Labute approximate surface area is 54.8 Å². The summed E-state index contributed by atoms with van der Waals surface area (Å²) >= 11 is 0. The number of fused-ring (bicyclic) bond motifs is 1. The SMILES string of the molecule is C1=NCC2CNCN2C1. The minimum absolute atomic E-state index is 0.690. The van der Waals surface area contributed by atoms with Gasteiger partial charge in [-0.1, -0.05) is 0 Å². The fraction of sp³-hybridized carbons (Fsp3) is 0.833. The molecule has 2 aliphatic rings. The van der Waals surface area contributed by atoms with Crippen molar-refractivity contribution >= 4 is 6.21 Å². The molecule has 0 aliphatic carbocycles. The molecule has 1 fully saturated rings. The average Bonchev–Trinajstić information content (AvgIpc) is 2.33. The summed E-state index contributed by atoms with van der Waals surface area (Å²) in [5.74, 6) is 0. The molecule has 0 amide bonds. The largest absolute Gasteiger partial charge is 0.303 e. The number of hydrogen-bond donors (Lipinski definition) is 1. The predicted octanol–water partition coefficient (Wildman–Crippen LogP) is -0.698. The monoisotopic (exact) mass is 125 g/mol. The van der Waals surface area contributed by atoms with E-state index in [0.29, 0.717) is 6.04 Å². The van der Waals surface area contributed by atoms with Crippen LogP contribution in [0.5, 0.6) is 0 Å². The number of aliphatic imine (C=N–C) groups is 1. The van der Waals surface area contributed by atoms with E-state index in [1.165, 1.54) is 0 Å². The lowest BCUT2D eigenvalue weighted by Gasteiger charge is -2.22. The lowest BCUT2D eigenvalue weighted by atomic mass is 10.2. The van der Waals surface area contributed by atoms with Crippen LogP contribution in [0.25, 0.3) is 0 Å². The number of rotatable bonds is 0. The van der Waals surface area contributed by atoms with E-state index < -0.39 is 0 Å². The Morgan fingerprint density at radius 1 is 1.67 bits per heavy atom. The van der Waals surface area contributed by atoms with Crippen molar-refractivity contribution in [2.75, 3.05) is 26.3 Å². The first-order valence-corrected chi connectivity index (χ1v) is 3.40. The van der Waals surface area contributed by atoms with E-state index >= 15 is 0 Å². The van der Waals surface area contributed by atoms with Gasteiger partial charge in [-0.25, -0.2) is 0 Å². The van der Waals surface area contributed by atoms with E-state index in [9.17, 15) is 0 Å². The van der Waals surface area contributed by atoms with Crippen molar-refractivity contribution in [3.05, 3.63) is 0 Å². The van der Waals surface area contributed by atoms with Gasteiger partial charge in [-0.2, -0.15) is 0 Å². The van der Waals surface area contributed by atoms with Crippen LogP contribution in [0.4, 0.5) is 0 Å². The van der Waals surface area contributed by atoms with Crippen LogP contribution in [-0.4, -0.2) is 43.5 Å². The Balaban J connectivity index is 2.07. The molecule has 2 rings (SSSR count). The molecule has 0 bridgehead atoms. The summed E-state index contributed by atoms with van der Waals surface area (Å²) in [6.07, 6.45) is 2.00. The smallest absolute Gasteiger partial charge is 0.0554 e. The van der Waals surface area contributed by atoms with Crippen molar-refractivity contribution in [1.82, 2.24) is 10.2 Å². The molecule has 1 unspecified atom stereocenters. The standard InChI is InChI=1S/C6H11N3/c1-2-9-5-8-4-6(9)3-7-1/h1,6,8H,2-5H2. The van der Waals surface area contributed by atoms with Crippen LogP contribution >= 0.6 is 0 Å². The fourth-order valence-electron chi connectivity index (χ4n) is 1.39. The minimum Gasteiger partial charge on any atom is -0.303 e. The Morgan fingerprint density at radius 2 is 2.67 bits per heavy atom. The molecular formula is C6H11N3. The van der Waals surface area contributed by atoms with Gasteiger partial charge in [-0.3, -0.25) is 9.89 Å². The van der Waals surface area contributed by atoms with Crippen LogP contribution < -0.4 is 5.32 Å². The first-order valence-electron chi connectivity index (χ1n) is 3.40. The lowest BCUT2D eigenvalue weighted by Crippen LogP contribution is -2.37. The topological polar surface area (TPSA) is 27.6 Å². The molecule has 0 aromatic carbocycles. The van der Waals surface area contributed by atoms with E-state index in [1.807, 2.05) is 6.21 Å². The van der Waals surface area contributed by atoms with E-state index in [0.717, 1.165) is 26.3 Å². The van der Waals surface area contributed by atoms with Crippen molar-refractivity contribution in [2.24, 2.45) is 4.99 Å². The lowest BCUT2D eigenvalue weighted by molar-refractivity contribution is 0.291. The average molecular weight is 125 g/mol. The first kappa shape index (κ1) is 5.38. The van der Waals surface area contributed by atoms with Crippen molar-refractivity contribution in [1.29, 1.82) is 0 Å². The molecule has 0 saturated carbocycles. The van der Waals surface area contributed by atoms with Crippen LogP contribution in [-0.2, 0) is 0 Å². The van der Waals surface area contributed by atoms with Gasteiger partial charge in [0, 0.05) is 32.0 Å². The molecule has 0 radical (unpaired) electrons. The molecule has 3 heteroatoms. The van der Waals surface area contributed by atoms with E-state index in [1.54, 1.807) is 0 Å². The van der Waals surface area contributed by atoms with E-state index in [4.69, 9.17) is 0 Å². The third kappa shape index (κ3) is 0.862. The van der Waals surface area contributed by atoms with Crippen LogP contribution in [0.3, 0.4) is 0 Å². The van der Waals surface area contributed by atoms with E-state index in [2.05, 4.69) is 15.2 Å². The third-order valence-corrected chi connectivity index (χ3v) is 1.97. The molecule has 9 heavy (non-hydrogen) atoms. The first-order chi connectivity index (χ1) is 4.47. The zero-order chi connectivity index (χ0) is 6.10. The zero-order valence-electron chi connectivity index (χ0n) is 5.38. The van der Waals surface area contributed by atoms with Crippen molar-refractivity contribution in [3.63, 3.8) is 0 Å². The van der Waals surface area contributed by atoms with Crippen LogP contribution in [0, 0.1) is 0 Å². The Kier molecular flexibility index (Phi) is 1.24. The van der Waals surface area contributed by atoms with Gasteiger partial charge in [0.05, 0.1) is 6.54 Å². The van der Waals surface area contributed by atoms with Gasteiger partial charge < -0.3 is 5.32 Å². The minimum atomic E-state index is 0.690. The predicted molar refractivity (Wildman–Crippen MR) is 36.7 cm³/mol. The van der Waals surface area contributed by atoms with Gasteiger partial charge in [0.15, 0.2) is 0 Å². The number of hydrogen-bond acceptors (Lipinski definition) is 3. The second kappa shape index (κ2) is 2.08. The maximum Gasteiger partial charge on any atom is 0.0554 e. The summed E-state index contributed by atoms with van der Waals surface area (Å²) in [5.41, 5.74) is 0. The highest BCUT2D eigenvalue weighted by molar-refractivity contribution is 5.60. The van der Waals surface area contributed by atoms with Gasteiger partial charge in [0.2, 0.25) is 0 Å². The summed E-state index contributed by atoms with van der Waals surface area (Å²) in [6.45, 7) is 4.21. The molecule has 2 aliphatic heterocycles. The molecule has 1 atom stereocenters. The molecule has 0 spiro atoms. The quantitative estimate of drug-likeness (QED) is 0.463. The summed E-state index contributed by atoms with van der Waals surface area (Å²) in [4.78, 5) is 6.62. The van der Waals surface area contributed by atoms with E-state index in [-0.39, 0.29) is 0 Å². The second-order valence-corrected chi connectivity index (χ2v) is 2.59. The second-order valence-electron chi connectivity index (χ2n) is 2.59. The highest BCUT2D eigenvalue weighted by atomic mass is 15.3. The van der Waals surface area contributed by atoms with Gasteiger partial charge in [0.25, 0.3) is 0 Å². The molecule has 50 valence electrons. The maximum atomic E-state index is 4.21. The zero-order valence-corrected chi connectivity index (χ0v) is 5.38. The van der Waals surface area contributed by atoms with Crippen molar-refractivity contribution < 1.29 is 0 Å². The van der Waals surface area contributed by atoms with Crippen LogP contribution in [0.1, 0.15) is 0 Å². The molecule has 0 aromatic heterocycles. The highest BCUT2D eigenvalue weighted by Gasteiger charge is 2.24. The van der Waals surface area contributed by atoms with Gasteiger partial charge in [-0.15, -0.1) is 0 Å². The van der Waals surface area contributed by atoms with Crippen LogP contribution in [0.15, 0.2) is 4.99 Å². The van der Waals surface area contributed by atoms with Gasteiger partial charge in [-0.05, 0) is 0 Å². The summed E-state index contributed by atoms with van der Waals surface area (Å²) in [6, 6.07) is 0.690. The third-order valence-electron chi connectivity index (χ3n) is 1.97. The van der Waals surface area contributed by atoms with Gasteiger partial charge in [0.1, 0.15) is 0 Å². The van der Waals surface area contributed by atoms with Crippen molar-refractivity contribution in [3.8, 4) is 0 Å².